The quantitative estimate of drug-likeness (QED) is 0.786. The molecule has 4 heteroatoms. The molecule has 1 saturated heterocycles. The van der Waals surface area contributed by atoms with Crippen LogP contribution in [0.5, 0.6) is 5.75 Å². The third kappa shape index (κ3) is 2.75. The molecule has 1 unspecified atom stereocenters. The predicted octanol–water partition coefficient (Wildman–Crippen LogP) is 3.48. The van der Waals surface area contributed by atoms with E-state index >= 15 is 0 Å². The number of rotatable bonds is 1. The minimum absolute atomic E-state index is 0.127. The first-order chi connectivity index (χ1) is 9.63. The van der Waals surface area contributed by atoms with Crippen molar-refractivity contribution in [1.29, 1.82) is 0 Å². The van der Waals surface area contributed by atoms with Crippen LogP contribution in [0.3, 0.4) is 0 Å². The Morgan fingerprint density at radius 3 is 3.10 bits per heavy atom. The van der Waals surface area contributed by atoms with Crippen molar-refractivity contribution < 1.29 is 9.53 Å². The lowest BCUT2D eigenvalue weighted by Gasteiger charge is -2.32. The molecule has 2 aliphatic heterocycles. The van der Waals surface area contributed by atoms with Gasteiger partial charge in [-0.3, -0.25) is 4.79 Å². The molecular formula is C16H18BrNO2. The molecule has 0 saturated carbocycles. The van der Waals surface area contributed by atoms with Crippen molar-refractivity contribution in [3.8, 4) is 5.75 Å². The summed E-state index contributed by atoms with van der Waals surface area (Å²) < 4.78 is 6.69. The molecule has 0 radical (unpaired) electrons. The zero-order valence-corrected chi connectivity index (χ0v) is 13.1. The SMILES string of the molecule is CC1CCCN(C(=O)C2=Cc3cc(Br)ccc3OC2)C1. The fourth-order valence-corrected chi connectivity index (χ4v) is 3.23. The highest BCUT2D eigenvalue weighted by molar-refractivity contribution is 9.10. The van der Waals surface area contributed by atoms with Crippen LogP contribution in [-0.4, -0.2) is 30.5 Å². The van der Waals surface area contributed by atoms with E-state index in [-0.39, 0.29) is 5.91 Å². The van der Waals surface area contributed by atoms with Gasteiger partial charge in [-0.05, 0) is 43.0 Å². The molecule has 2 heterocycles. The van der Waals surface area contributed by atoms with Crippen LogP contribution >= 0.6 is 15.9 Å². The Balaban J connectivity index is 1.82. The van der Waals surface area contributed by atoms with Gasteiger partial charge < -0.3 is 9.64 Å². The monoisotopic (exact) mass is 335 g/mol. The largest absolute Gasteiger partial charge is 0.488 e. The van der Waals surface area contributed by atoms with E-state index in [2.05, 4.69) is 22.9 Å². The van der Waals surface area contributed by atoms with Crippen LogP contribution < -0.4 is 4.74 Å². The number of benzene rings is 1. The van der Waals surface area contributed by atoms with Gasteiger partial charge in [0.2, 0.25) is 0 Å². The Morgan fingerprint density at radius 2 is 2.30 bits per heavy atom. The topological polar surface area (TPSA) is 29.5 Å². The number of likely N-dealkylation sites (tertiary alicyclic amines) is 1. The lowest BCUT2D eigenvalue weighted by atomic mass is 9.99. The summed E-state index contributed by atoms with van der Waals surface area (Å²) in [4.78, 5) is 14.5. The first-order valence-corrected chi connectivity index (χ1v) is 7.85. The molecule has 1 aromatic rings. The summed E-state index contributed by atoms with van der Waals surface area (Å²) in [5.41, 5.74) is 1.73. The number of hydrogen-bond acceptors (Lipinski definition) is 2. The Bertz CT molecular complexity index is 568. The summed E-state index contributed by atoms with van der Waals surface area (Å²) in [6.45, 7) is 4.31. The maximum absolute atomic E-state index is 12.6. The molecule has 20 heavy (non-hydrogen) atoms. The molecule has 1 amide bonds. The summed E-state index contributed by atoms with van der Waals surface area (Å²) in [6, 6.07) is 5.87. The van der Waals surface area contributed by atoms with Crippen LogP contribution in [0.1, 0.15) is 25.3 Å². The maximum atomic E-state index is 12.6. The van der Waals surface area contributed by atoms with E-state index < -0.39 is 0 Å². The molecule has 106 valence electrons. The van der Waals surface area contributed by atoms with E-state index in [4.69, 9.17) is 4.74 Å². The fourth-order valence-electron chi connectivity index (χ4n) is 2.85. The van der Waals surface area contributed by atoms with Crippen LogP contribution in [0, 0.1) is 5.92 Å². The Morgan fingerprint density at radius 1 is 1.45 bits per heavy atom. The lowest BCUT2D eigenvalue weighted by Crippen LogP contribution is -2.41. The van der Waals surface area contributed by atoms with Crippen molar-refractivity contribution in [2.24, 2.45) is 5.92 Å². The standard InChI is InChI=1S/C16H18BrNO2/c1-11-3-2-6-18(9-11)16(19)13-7-12-8-14(17)4-5-15(12)20-10-13/h4-5,7-8,11H,2-3,6,9-10H2,1H3. The number of fused-ring (bicyclic) bond motifs is 1. The summed E-state index contributed by atoms with van der Waals surface area (Å²) in [5.74, 6) is 1.57. The molecule has 0 bridgehead atoms. The van der Waals surface area contributed by atoms with E-state index in [1.165, 1.54) is 6.42 Å². The molecule has 1 aromatic carbocycles. The lowest BCUT2D eigenvalue weighted by molar-refractivity contribution is -0.129. The Hall–Kier alpha value is -1.29. The van der Waals surface area contributed by atoms with E-state index in [1.54, 1.807) is 0 Å². The van der Waals surface area contributed by atoms with Crippen LogP contribution in [0.4, 0.5) is 0 Å². The molecule has 0 spiro atoms. The van der Waals surface area contributed by atoms with Gasteiger partial charge in [0.15, 0.2) is 0 Å². The number of carbonyl (C=O) groups is 1. The molecule has 1 fully saturated rings. The zero-order chi connectivity index (χ0) is 14.1. The van der Waals surface area contributed by atoms with Gasteiger partial charge in [-0.15, -0.1) is 0 Å². The first-order valence-electron chi connectivity index (χ1n) is 7.05. The molecule has 0 aromatic heterocycles. The van der Waals surface area contributed by atoms with E-state index in [9.17, 15) is 4.79 Å². The van der Waals surface area contributed by atoms with Gasteiger partial charge in [-0.1, -0.05) is 22.9 Å². The summed E-state index contributed by atoms with van der Waals surface area (Å²) in [6.07, 6.45) is 4.28. The molecule has 1 atom stereocenters. The Kier molecular flexibility index (Phi) is 3.83. The maximum Gasteiger partial charge on any atom is 0.253 e. The van der Waals surface area contributed by atoms with Gasteiger partial charge in [0.1, 0.15) is 12.4 Å². The average molecular weight is 336 g/mol. The van der Waals surface area contributed by atoms with E-state index in [1.807, 2.05) is 29.2 Å². The summed E-state index contributed by atoms with van der Waals surface area (Å²) >= 11 is 3.45. The molecule has 3 rings (SSSR count). The zero-order valence-electron chi connectivity index (χ0n) is 11.6. The van der Waals surface area contributed by atoms with Gasteiger partial charge in [0, 0.05) is 23.1 Å². The second kappa shape index (κ2) is 5.60. The van der Waals surface area contributed by atoms with Crippen LogP contribution in [0.2, 0.25) is 0 Å². The Labute approximate surface area is 127 Å². The minimum Gasteiger partial charge on any atom is -0.488 e. The normalized spacial score (nSPS) is 21.8. The number of carbonyl (C=O) groups excluding carboxylic acids is 1. The van der Waals surface area contributed by atoms with Crippen molar-refractivity contribution in [3.05, 3.63) is 33.8 Å². The van der Waals surface area contributed by atoms with Gasteiger partial charge in [-0.2, -0.15) is 0 Å². The number of hydrogen-bond donors (Lipinski definition) is 0. The van der Waals surface area contributed by atoms with Gasteiger partial charge in [0.25, 0.3) is 5.91 Å². The third-order valence-corrected chi connectivity index (χ3v) is 4.40. The van der Waals surface area contributed by atoms with Crippen LogP contribution in [0.15, 0.2) is 28.2 Å². The number of nitrogens with zero attached hydrogens (tertiary/aromatic N) is 1. The van der Waals surface area contributed by atoms with Crippen LogP contribution in [-0.2, 0) is 4.79 Å². The summed E-state index contributed by atoms with van der Waals surface area (Å²) in [7, 11) is 0. The van der Waals surface area contributed by atoms with Gasteiger partial charge in [-0.25, -0.2) is 0 Å². The number of halogens is 1. The van der Waals surface area contributed by atoms with E-state index in [0.717, 1.165) is 40.9 Å². The minimum atomic E-state index is 0.127. The van der Waals surface area contributed by atoms with Crippen molar-refractivity contribution >= 4 is 27.9 Å². The van der Waals surface area contributed by atoms with Crippen molar-refractivity contribution in [1.82, 2.24) is 4.90 Å². The molecule has 0 N–H and O–H groups in total. The van der Waals surface area contributed by atoms with Crippen molar-refractivity contribution in [2.45, 2.75) is 19.8 Å². The predicted molar refractivity (Wildman–Crippen MR) is 82.6 cm³/mol. The van der Waals surface area contributed by atoms with Crippen LogP contribution in [0.25, 0.3) is 6.08 Å². The highest BCUT2D eigenvalue weighted by atomic mass is 79.9. The molecule has 0 aliphatic carbocycles. The van der Waals surface area contributed by atoms with E-state index in [0.29, 0.717) is 12.5 Å². The molecule has 3 nitrogen and oxygen atoms in total. The van der Waals surface area contributed by atoms with Gasteiger partial charge >= 0.3 is 0 Å². The number of ether oxygens (including phenoxy) is 1. The second-order valence-electron chi connectivity index (χ2n) is 5.64. The third-order valence-electron chi connectivity index (χ3n) is 3.90. The average Bonchev–Trinajstić information content (AvgIpc) is 2.45. The number of piperidine rings is 1. The highest BCUT2D eigenvalue weighted by Crippen LogP contribution is 2.30. The van der Waals surface area contributed by atoms with Crippen molar-refractivity contribution in [2.75, 3.05) is 19.7 Å². The van der Waals surface area contributed by atoms with Gasteiger partial charge in [0.05, 0.1) is 5.57 Å². The molecular weight excluding hydrogens is 318 g/mol. The highest BCUT2D eigenvalue weighted by Gasteiger charge is 2.25. The first kappa shape index (κ1) is 13.7. The fraction of sp³-hybridized carbons (Fsp3) is 0.438. The second-order valence-corrected chi connectivity index (χ2v) is 6.55. The number of amides is 1. The molecule has 2 aliphatic rings. The smallest absolute Gasteiger partial charge is 0.253 e. The summed E-state index contributed by atoms with van der Waals surface area (Å²) in [5, 5.41) is 0. The van der Waals surface area contributed by atoms with Crippen molar-refractivity contribution in [3.63, 3.8) is 0 Å².